The molecule has 13 nitrogen and oxygen atoms in total. The highest BCUT2D eigenvalue weighted by Gasteiger charge is 2.45. The van der Waals surface area contributed by atoms with Crippen LogP contribution in [0.2, 0.25) is 5.02 Å². The number of aliphatic hydroxyl groups is 2. The van der Waals surface area contributed by atoms with E-state index >= 15 is 0 Å². The van der Waals surface area contributed by atoms with E-state index in [0.717, 1.165) is 0 Å². The van der Waals surface area contributed by atoms with Crippen molar-refractivity contribution >= 4 is 36.4 Å². The van der Waals surface area contributed by atoms with Crippen LogP contribution >= 0.6 is 19.4 Å². The summed E-state index contributed by atoms with van der Waals surface area (Å²) in [6.45, 7) is -0.440. The van der Waals surface area contributed by atoms with Gasteiger partial charge >= 0.3 is 7.82 Å². The Hall–Kier alpha value is -2.35. The number of phenolic OH excluding ortho intramolecular Hbond substituents is 1. The number of nitrogens with zero attached hydrogens (tertiary/aromatic N) is 4. The van der Waals surface area contributed by atoms with E-state index in [1.807, 2.05) is 0 Å². The topological polar surface area (TPSA) is 192 Å². The van der Waals surface area contributed by atoms with Crippen molar-refractivity contribution in [2.75, 3.05) is 11.9 Å². The van der Waals surface area contributed by atoms with Gasteiger partial charge in [-0.25, -0.2) is 19.5 Å². The Morgan fingerprint density at radius 3 is 2.75 bits per heavy atom. The average molecular weight is 488 g/mol. The molecule has 0 bridgehead atoms. The Morgan fingerprint density at radius 2 is 2.00 bits per heavy atom. The van der Waals surface area contributed by atoms with Gasteiger partial charge in [-0.2, -0.15) is 0 Å². The molecule has 2 aromatic heterocycles. The molecule has 3 heterocycles. The summed E-state index contributed by atoms with van der Waals surface area (Å²) in [6.07, 6.45) is -2.65. The number of ether oxygens (including phenoxy) is 1. The van der Waals surface area contributed by atoms with Crippen LogP contribution < -0.4 is 5.32 Å². The molecular weight excluding hydrogens is 469 g/mol. The number of hydrogen-bond donors (Lipinski definition) is 6. The van der Waals surface area contributed by atoms with Gasteiger partial charge in [0.2, 0.25) is 0 Å². The van der Waals surface area contributed by atoms with Gasteiger partial charge in [-0.15, -0.1) is 0 Å². The van der Waals surface area contributed by atoms with Crippen LogP contribution in [0.15, 0.2) is 30.9 Å². The standard InChI is InChI=1S/C17H19ClN5O8P/c18-9-3-1-2-8(12(9)24)4-19-15-11-16(21-6-20-15)23(7-22-11)17-14(26)13(25)10(31-17)5-30-32(27,28)29/h1-3,6-7,10,13-14,17,24-26H,4-5H2,(H,19,20,21)(H2,27,28,29)/t10-,13-,14-,17-/m1/s1. The Morgan fingerprint density at radius 1 is 1.22 bits per heavy atom. The van der Waals surface area contributed by atoms with Crippen LogP contribution in [0.1, 0.15) is 11.8 Å². The number of benzene rings is 1. The average Bonchev–Trinajstić information content (AvgIpc) is 3.29. The predicted octanol–water partition coefficient (Wildman–Crippen LogP) is 0.526. The first-order chi connectivity index (χ1) is 15.2. The highest BCUT2D eigenvalue weighted by Crippen LogP contribution is 2.39. The molecule has 0 unspecified atom stereocenters. The van der Waals surface area contributed by atoms with Crippen LogP contribution in [0.3, 0.4) is 0 Å². The number of imidazole rings is 1. The van der Waals surface area contributed by atoms with E-state index in [4.69, 9.17) is 26.1 Å². The second-order valence-electron chi connectivity index (χ2n) is 6.98. The highest BCUT2D eigenvalue weighted by atomic mass is 35.5. The van der Waals surface area contributed by atoms with Crippen LogP contribution in [0, 0.1) is 0 Å². The second kappa shape index (κ2) is 8.89. The first-order valence-electron chi connectivity index (χ1n) is 9.25. The third kappa shape index (κ3) is 4.56. The highest BCUT2D eigenvalue weighted by molar-refractivity contribution is 7.46. The molecule has 1 aliphatic rings. The van der Waals surface area contributed by atoms with Gasteiger partial charge in [0.15, 0.2) is 23.2 Å². The fraction of sp³-hybridized carbons (Fsp3) is 0.353. The van der Waals surface area contributed by atoms with E-state index in [-0.39, 0.29) is 23.0 Å². The minimum absolute atomic E-state index is 0.0578. The molecule has 1 aromatic carbocycles. The van der Waals surface area contributed by atoms with E-state index in [0.29, 0.717) is 16.9 Å². The summed E-state index contributed by atoms with van der Waals surface area (Å²) in [7, 11) is -4.78. The van der Waals surface area contributed by atoms with Crippen molar-refractivity contribution in [3.63, 3.8) is 0 Å². The third-order valence-corrected chi connectivity index (χ3v) is 5.68. The number of halogens is 1. The molecule has 4 rings (SSSR count). The van der Waals surface area contributed by atoms with Gasteiger partial charge in [-0.1, -0.05) is 23.7 Å². The van der Waals surface area contributed by atoms with E-state index in [2.05, 4.69) is 24.8 Å². The Balaban J connectivity index is 1.55. The monoisotopic (exact) mass is 487 g/mol. The molecule has 1 fully saturated rings. The largest absolute Gasteiger partial charge is 0.506 e. The summed E-state index contributed by atoms with van der Waals surface area (Å²) >= 11 is 5.92. The molecule has 0 aliphatic carbocycles. The number of anilines is 1. The number of phosphoric acid groups is 1. The number of aromatic hydroxyl groups is 1. The zero-order chi connectivity index (χ0) is 23.0. The van der Waals surface area contributed by atoms with Gasteiger partial charge in [-0.3, -0.25) is 9.09 Å². The first kappa shape index (κ1) is 22.8. The van der Waals surface area contributed by atoms with Gasteiger partial charge in [0.1, 0.15) is 30.4 Å². The number of rotatable bonds is 7. The number of nitrogens with one attached hydrogen (secondary N) is 1. The number of aliphatic hydroxyl groups excluding tert-OH is 2. The number of phosphoric ester groups is 1. The predicted molar refractivity (Wildman–Crippen MR) is 110 cm³/mol. The summed E-state index contributed by atoms with van der Waals surface area (Å²) in [5.74, 6) is 0.278. The zero-order valence-corrected chi connectivity index (χ0v) is 17.8. The smallest absolute Gasteiger partial charge is 0.469 e. The summed E-state index contributed by atoms with van der Waals surface area (Å²) < 4.78 is 22.2. The fourth-order valence-corrected chi connectivity index (χ4v) is 3.85. The number of para-hydroxylation sites is 1. The van der Waals surface area contributed by atoms with Crippen molar-refractivity contribution < 1.29 is 38.9 Å². The lowest BCUT2D eigenvalue weighted by atomic mass is 10.1. The maximum atomic E-state index is 10.9. The maximum Gasteiger partial charge on any atom is 0.469 e. The first-order valence-corrected chi connectivity index (χ1v) is 11.2. The van der Waals surface area contributed by atoms with E-state index < -0.39 is 39.0 Å². The van der Waals surface area contributed by atoms with Gasteiger partial charge in [0.05, 0.1) is 18.0 Å². The van der Waals surface area contributed by atoms with Crippen molar-refractivity contribution in [1.29, 1.82) is 0 Å². The summed E-state index contributed by atoms with van der Waals surface area (Å²) in [5.41, 5.74) is 1.13. The van der Waals surface area contributed by atoms with Crippen LogP contribution in [0.4, 0.5) is 5.82 Å². The normalized spacial score (nSPS) is 23.7. The number of fused-ring (bicyclic) bond motifs is 1. The Kier molecular flexibility index (Phi) is 6.34. The van der Waals surface area contributed by atoms with Crippen molar-refractivity contribution in [2.45, 2.75) is 31.1 Å². The molecule has 32 heavy (non-hydrogen) atoms. The van der Waals surface area contributed by atoms with Crippen LogP contribution in [-0.2, 0) is 20.4 Å². The number of hydrogen-bond acceptors (Lipinski definition) is 10. The van der Waals surface area contributed by atoms with Crippen molar-refractivity contribution in [3.8, 4) is 5.75 Å². The van der Waals surface area contributed by atoms with E-state index in [9.17, 15) is 19.9 Å². The number of phenols is 1. The molecule has 4 atom stereocenters. The molecule has 0 amide bonds. The fourth-order valence-electron chi connectivity index (χ4n) is 3.32. The molecular formula is C17H19ClN5O8P. The summed E-state index contributed by atoms with van der Waals surface area (Å²) in [5, 5.41) is 33.9. The van der Waals surface area contributed by atoms with E-state index in [1.165, 1.54) is 17.2 Å². The van der Waals surface area contributed by atoms with Gasteiger partial charge in [-0.05, 0) is 6.07 Å². The summed E-state index contributed by atoms with van der Waals surface area (Å²) in [4.78, 5) is 30.2. The van der Waals surface area contributed by atoms with Crippen LogP contribution in [-0.4, -0.2) is 69.5 Å². The Bertz CT molecular complexity index is 1170. The molecule has 15 heteroatoms. The van der Waals surface area contributed by atoms with E-state index in [1.54, 1.807) is 18.2 Å². The molecule has 3 aromatic rings. The van der Waals surface area contributed by atoms with Crippen molar-refractivity contribution in [3.05, 3.63) is 41.4 Å². The third-order valence-electron chi connectivity index (χ3n) is 4.89. The molecule has 0 saturated carbocycles. The zero-order valence-electron chi connectivity index (χ0n) is 16.2. The SMILES string of the molecule is O=P(O)(O)OC[C@H]1O[C@@H](n2cnc3c(NCc4cccc(Cl)c4O)ncnc32)[C@H](O)[C@@H]1O. The molecule has 172 valence electrons. The summed E-state index contributed by atoms with van der Waals surface area (Å²) in [6, 6.07) is 4.94. The number of aromatic nitrogens is 4. The van der Waals surface area contributed by atoms with Gasteiger partial charge in [0.25, 0.3) is 0 Å². The van der Waals surface area contributed by atoms with Gasteiger partial charge in [0, 0.05) is 12.1 Å². The molecule has 0 spiro atoms. The quantitative estimate of drug-likeness (QED) is 0.253. The molecule has 1 saturated heterocycles. The van der Waals surface area contributed by atoms with Gasteiger partial charge < -0.3 is 35.2 Å². The maximum absolute atomic E-state index is 10.9. The molecule has 1 aliphatic heterocycles. The lowest BCUT2D eigenvalue weighted by molar-refractivity contribution is -0.0504. The Labute approximate surface area is 185 Å². The lowest BCUT2D eigenvalue weighted by Gasteiger charge is -2.16. The molecule has 0 radical (unpaired) electrons. The minimum atomic E-state index is -4.78. The minimum Gasteiger partial charge on any atom is -0.506 e. The van der Waals surface area contributed by atoms with Crippen molar-refractivity contribution in [1.82, 2.24) is 19.5 Å². The lowest BCUT2D eigenvalue weighted by Crippen LogP contribution is -2.33. The molecule has 6 N–H and O–H groups in total. The van der Waals surface area contributed by atoms with Crippen LogP contribution in [0.25, 0.3) is 11.2 Å². The second-order valence-corrected chi connectivity index (χ2v) is 8.63. The van der Waals surface area contributed by atoms with Crippen molar-refractivity contribution in [2.24, 2.45) is 0 Å². The van der Waals surface area contributed by atoms with Crippen LogP contribution in [0.5, 0.6) is 5.75 Å².